The zero-order valence-corrected chi connectivity index (χ0v) is 11.4. The van der Waals surface area contributed by atoms with E-state index in [2.05, 4.69) is 38.0 Å². The van der Waals surface area contributed by atoms with Crippen LogP contribution in [0.1, 0.15) is 46.0 Å². The Morgan fingerprint density at radius 3 is 2.27 bits per heavy atom. The summed E-state index contributed by atoms with van der Waals surface area (Å²) in [5.74, 6) is 4.66. The van der Waals surface area contributed by atoms with Crippen molar-refractivity contribution in [2.24, 2.45) is 11.8 Å². The SMILES string of the molecule is CCC(CC)C(CC1CCSCC1)NC. The highest BCUT2D eigenvalue weighted by molar-refractivity contribution is 7.99. The lowest BCUT2D eigenvalue weighted by Gasteiger charge is -2.30. The summed E-state index contributed by atoms with van der Waals surface area (Å²) in [6, 6.07) is 0.757. The number of hydrogen-bond donors (Lipinski definition) is 1. The van der Waals surface area contributed by atoms with Gasteiger partial charge >= 0.3 is 0 Å². The highest BCUT2D eigenvalue weighted by Gasteiger charge is 2.22. The fraction of sp³-hybridized carbons (Fsp3) is 1.00. The van der Waals surface area contributed by atoms with Gasteiger partial charge in [-0.3, -0.25) is 0 Å². The zero-order chi connectivity index (χ0) is 11.1. The maximum Gasteiger partial charge on any atom is 0.00947 e. The Kier molecular flexibility index (Phi) is 6.74. The predicted molar refractivity (Wildman–Crippen MR) is 71.6 cm³/mol. The van der Waals surface area contributed by atoms with E-state index in [4.69, 9.17) is 0 Å². The summed E-state index contributed by atoms with van der Waals surface area (Å²) in [6.07, 6.45) is 6.95. The second-order valence-corrected chi connectivity index (χ2v) is 5.99. The molecule has 0 aromatic rings. The van der Waals surface area contributed by atoms with Gasteiger partial charge in [0.2, 0.25) is 0 Å². The van der Waals surface area contributed by atoms with Gasteiger partial charge in [-0.05, 0) is 49.7 Å². The van der Waals surface area contributed by atoms with Gasteiger partial charge in [-0.1, -0.05) is 26.7 Å². The number of nitrogens with one attached hydrogen (secondary N) is 1. The Bertz CT molecular complexity index is 151. The van der Waals surface area contributed by atoms with Gasteiger partial charge in [0.1, 0.15) is 0 Å². The lowest BCUT2D eigenvalue weighted by Crippen LogP contribution is -2.35. The molecule has 1 aliphatic rings. The van der Waals surface area contributed by atoms with Crippen LogP contribution in [0.25, 0.3) is 0 Å². The molecule has 0 saturated carbocycles. The maximum absolute atomic E-state index is 3.54. The van der Waals surface area contributed by atoms with E-state index in [-0.39, 0.29) is 0 Å². The molecule has 1 saturated heterocycles. The van der Waals surface area contributed by atoms with Crippen LogP contribution in [0.2, 0.25) is 0 Å². The van der Waals surface area contributed by atoms with Gasteiger partial charge < -0.3 is 5.32 Å². The van der Waals surface area contributed by atoms with Crippen molar-refractivity contribution in [1.82, 2.24) is 5.32 Å². The van der Waals surface area contributed by atoms with Gasteiger partial charge in [-0.15, -0.1) is 0 Å². The highest BCUT2D eigenvalue weighted by Crippen LogP contribution is 2.29. The van der Waals surface area contributed by atoms with Gasteiger partial charge in [-0.25, -0.2) is 0 Å². The lowest BCUT2D eigenvalue weighted by atomic mass is 9.85. The summed E-state index contributed by atoms with van der Waals surface area (Å²) in [7, 11) is 2.14. The molecule has 0 aliphatic carbocycles. The van der Waals surface area contributed by atoms with Gasteiger partial charge in [0.05, 0.1) is 0 Å². The van der Waals surface area contributed by atoms with E-state index in [1.807, 2.05) is 0 Å². The van der Waals surface area contributed by atoms with Crippen LogP contribution in [0.4, 0.5) is 0 Å². The third-order valence-corrected chi connectivity index (χ3v) is 4.97. The molecule has 0 spiro atoms. The van der Waals surface area contributed by atoms with Gasteiger partial charge in [-0.2, -0.15) is 11.8 Å². The molecule has 0 amide bonds. The second-order valence-electron chi connectivity index (χ2n) is 4.76. The normalized spacial score (nSPS) is 20.8. The van der Waals surface area contributed by atoms with Crippen molar-refractivity contribution in [1.29, 1.82) is 0 Å². The minimum absolute atomic E-state index is 0.757. The maximum atomic E-state index is 3.54. The molecule has 1 nitrogen and oxygen atoms in total. The molecule has 2 heteroatoms. The lowest BCUT2D eigenvalue weighted by molar-refractivity contribution is 0.281. The van der Waals surface area contributed by atoms with Crippen LogP contribution < -0.4 is 5.32 Å². The van der Waals surface area contributed by atoms with Crippen molar-refractivity contribution in [2.45, 2.75) is 52.0 Å². The van der Waals surface area contributed by atoms with Gasteiger partial charge in [0.15, 0.2) is 0 Å². The molecule has 0 aromatic carbocycles. The minimum Gasteiger partial charge on any atom is -0.317 e. The molecule has 1 heterocycles. The fourth-order valence-electron chi connectivity index (χ4n) is 2.74. The molecular weight excluding hydrogens is 202 g/mol. The van der Waals surface area contributed by atoms with Crippen LogP contribution in [-0.2, 0) is 0 Å². The third kappa shape index (κ3) is 4.36. The van der Waals surface area contributed by atoms with Crippen molar-refractivity contribution >= 4 is 11.8 Å². The Morgan fingerprint density at radius 1 is 1.20 bits per heavy atom. The van der Waals surface area contributed by atoms with Gasteiger partial charge in [0.25, 0.3) is 0 Å². The molecule has 1 N–H and O–H groups in total. The third-order valence-electron chi connectivity index (χ3n) is 3.92. The molecule has 90 valence electrons. The zero-order valence-electron chi connectivity index (χ0n) is 10.6. The van der Waals surface area contributed by atoms with E-state index in [0.717, 1.165) is 17.9 Å². The Balaban J connectivity index is 2.36. The van der Waals surface area contributed by atoms with Crippen LogP contribution >= 0.6 is 11.8 Å². The van der Waals surface area contributed by atoms with Gasteiger partial charge in [0, 0.05) is 6.04 Å². The first-order valence-electron chi connectivity index (χ1n) is 6.56. The quantitative estimate of drug-likeness (QED) is 0.747. The Morgan fingerprint density at radius 2 is 1.80 bits per heavy atom. The van der Waals surface area contributed by atoms with E-state index in [1.165, 1.54) is 43.6 Å². The summed E-state index contributed by atoms with van der Waals surface area (Å²) in [6.45, 7) is 4.66. The summed E-state index contributed by atoms with van der Waals surface area (Å²) in [5, 5.41) is 3.54. The number of thioether (sulfide) groups is 1. The molecule has 1 unspecified atom stereocenters. The summed E-state index contributed by atoms with van der Waals surface area (Å²) in [5.41, 5.74) is 0. The molecular formula is C13H27NS. The molecule has 0 aromatic heterocycles. The van der Waals surface area contributed by atoms with Crippen molar-refractivity contribution in [3.63, 3.8) is 0 Å². The van der Waals surface area contributed by atoms with Crippen LogP contribution in [0, 0.1) is 11.8 Å². The van der Waals surface area contributed by atoms with Crippen LogP contribution in [0.3, 0.4) is 0 Å². The molecule has 1 aliphatic heterocycles. The molecule has 0 bridgehead atoms. The smallest absolute Gasteiger partial charge is 0.00947 e. The van der Waals surface area contributed by atoms with Crippen LogP contribution in [-0.4, -0.2) is 24.6 Å². The molecule has 1 rings (SSSR count). The molecule has 15 heavy (non-hydrogen) atoms. The Labute approximate surface area is 99.8 Å². The van der Waals surface area contributed by atoms with E-state index in [0.29, 0.717) is 0 Å². The summed E-state index contributed by atoms with van der Waals surface area (Å²) >= 11 is 2.13. The Hall–Kier alpha value is 0.310. The van der Waals surface area contributed by atoms with E-state index >= 15 is 0 Å². The standard InChI is InChI=1S/C13H27NS/c1-4-12(5-2)13(14-3)10-11-6-8-15-9-7-11/h11-14H,4-10H2,1-3H3. The first-order valence-corrected chi connectivity index (χ1v) is 7.72. The van der Waals surface area contributed by atoms with Crippen LogP contribution in [0.15, 0.2) is 0 Å². The summed E-state index contributed by atoms with van der Waals surface area (Å²) in [4.78, 5) is 0. The topological polar surface area (TPSA) is 12.0 Å². The van der Waals surface area contributed by atoms with Crippen LogP contribution in [0.5, 0.6) is 0 Å². The highest BCUT2D eigenvalue weighted by atomic mass is 32.2. The summed E-state index contributed by atoms with van der Waals surface area (Å²) < 4.78 is 0. The van der Waals surface area contributed by atoms with E-state index in [9.17, 15) is 0 Å². The molecule has 1 atom stereocenters. The van der Waals surface area contributed by atoms with Crippen molar-refractivity contribution in [3.8, 4) is 0 Å². The monoisotopic (exact) mass is 229 g/mol. The van der Waals surface area contributed by atoms with E-state index < -0.39 is 0 Å². The predicted octanol–water partition coefficient (Wildman–Crippen LogP) is 3.54. The first kappa shape index (κ1) is 13.4. The van der Waals surface area contributed by atoms with E-state index in [1.54, 1.807) is 0 Å². The number of hydrogen-bond acceptors (Lipinski definition) is 2. The fourth-order valence-corrected chi connectivity index (χ4v) is 3.95. The number of rotatable bonds is 6. The van der Waals surface area contributed by atoms with Crippen molar-refractivity contribution < 1.29 is 0 Å². The average Bonchev–Trinajstić information content (AvgIpc) is 2.30. The van der Waals surface area contributed by atoms with Crippen molar-refractivity contribution in [2.75, 3.05) is 18.6 Å². The molecule has 1 fully saturated rings. The average molecular weight is 229 g/mol. The van der Waals surface area contributed by atoms with Crippen molar-refractivity contribution in [3.05, 3.63) is 0 Å². The first-order chi connectivity index (χ1) is 7.31. The second kappa shape index (κ2) is 7.56. The molecule has 0 radical (unpaired) electrons. The minimum atomic E-state index is 0.757. The largest absolute Gasteiger partial charge is 0.317 e.